The van der Waals surface area contributed by atoms with Gasteiger partial charge in [-0.3, -0.25) is 14.9 Å². The summed E-state index contributed by atoms with van der Waals surface area (Å²) in [5.74, 6) is -1.03. The number of rotatable bonds is 6. The number of carbonyl (C=O) groups excluding carboxylic acids is 2. The summed E-state index contributed by atoms with van der Waals surface area (Å²) in [6, 6.07) is 7.07. The zero-order valence-corrected chi connectivity index (χ0v) is 12.9. The number of esters is 1. The molecule has 0 saturated heterocycles. The number of ether oxygens (including phenoxy) is 1. The number of nitrogens with one attached hydrogen (secondary N) is 1. The third-order valence-electron chi connectivity index (χ3n) is 2.70. The van der Waals surface area contributed by atoms with Crippen LogP contribution in [0.3, 0.4) is 0 Å². The second-order valence-electron chi connectivity index (χ2n) is 4.42. The zero-order chi connectivity index (χ0) is 17.5. The Kier molecular flexibility index (Phi) is 5.69. The van der Waals surface area contributed by atoms with Gasteiger partial charge in [0.25, 0.3) is 11.6 Å². The van der Waals surface area contributed by atoms with E-state index in [2.05, 4.69) is 5.32 Å². The van der Waals surface area contributed by atoms with Crippen LogP contribution in [0.5, 0.6) is 0 Å². The number of anilines is 1. The van der Waals surface area contributed by atoms with E-state index in [1.807, 2.05) is 0 Å². The summed E-state index contributed by atoms with van der Waals surface area (Å²) < 4.78 is 9.71. The van der Waals surface area contributed by atoms with Gasteiger partial charge in [-0.25, -0.2) is 4.79 Å². The topological polar surface area (TPSA) is 112 Å². The fourth-order valence-corrected chi connectivity index (χ4v) is 1.84. The molecule has 0 aliphatic carbocycles. The van der Waals surface area contributed by atoms with E-state index in [4.69, 9.17) is 20.8 Å². The number of amides is 1. The molecule has 2 aromatic rings. The molecule has 24 heavy (non-hydrogen) atoms. The minimum Gasteiger partial charge on any atom is -0.465 e. The van der Waals surface area contributed by atoms with Crippen LogP contribution in [0.15, 0.2) is 47.1 Å². The Morgan fingerprint density at radius 1 is 1.38 bits per heavy atom. The summed E-state index contributed by atoms with van der Waals surface area (Å²) in [6.07, 6.45) is 3.92. The van der Waals surface area contributed by atoms with Crippen molar-refractivity contribution < 1.29 is 23.7 Å². The first-order valence-electron chi connectivity index (χ1n) is 6.58. The van der Waals surface area contributed by atoms with E-state index in [0.717, 1.165) is 12.1 Å². The molecule has 0 aliphatic rings. The molecule has 0 unspecified atom stereocenters. The van der Waals surface area contributed by atoms with Crippen LogP contribution in [-0.2, 0) is 14.3 Å². The van der Waals surface area contributed by atoms with Crippen molar-refractivity contribution in [1.29, 1.82) is 0 Å². The lowest BCUT2D eigenvalue weighted by molar-refractivity contribution is -0.383. The Labute approximate surface area is 140 Å². The highest BCUT2D eigenvalue weighted by atomic mass is 35.5. The van der Waals surface area contributed by atoms with Gasteiger partial charge in [0.1, 0.15) is 11.4 Å². The van der Waals surface area contributed by atoms with Crippen molar-refractivity contribution >= 4 is 40.9 Å². The Morgan fingerprint density at radius 3 is 2.83 bits per heavy atom. The van der Waals surface area contributed by atoms with Gasteiger partial charge in [-0.15, -0.1) is 0 Å². The Hall–Kier alpha value is -3.13. The first-order valence-corrected chi connectivity index (χ1v) is 6.95. The van der Waals surface area contributed by atoms with Crippen LogP contribution >= 0.6 is 11.6 Å². The molecular weight excluding hydrogens is 340 g/mol. The van der Waals surface area contributed by atoms with Crippen LogP contribution in [0.25, 0.3) is 6.08 Å². The molecule has 1 aromatic carbocycles. The molecule has 2 rings (SSSR count). The lowest BCUT2D eigenvalue weighted by Crippen LogP contribution is -2.20. The van der Waals surface area contributed by atoms with Crippen LogP contribution in [0.2, 0.25) is 5.02 Å². The van der Waals surface area contributed by atoms with Gasteiger partial charge < -0.3 is 14.5 Å². The predicted octanol–water partition coefficient (Wildman–Crippen LogP) is 3.04. The van der Waals surface area contributed by atoms with E-state index >= 15 is 0 Å². The van der Waals surface area contributed by atoms with Crippen molar-refractivity contribution in [2.75, 3.05) is 11.9 Å². The quantitative estimate of drug-likeness (QED) is 0.371. The summed E-state index contributed by atoms with van der Waals surface area (Å²) in [6.45, 7) is -0.596. The molecule has 0 bridgehead atoms. The highest BCUT2D eigenvalue weighted by molar-refractivity contribution is 6.31. The number of nitro benzene ring substituents is 1. The number of nitrogens with zero attached hydrogens (tertiary/aromatic N) is 1. The molecule has 8 nitrogen and oxygen atoms in total. The molecule has 1 amide bonds. The zero-order valence-electron chi connectivity index (χ0n) is 12.1. The Morgan fingerprint density at radius 2 is 2.17 bits per heavy atom. The molecule has 124 valence electrons. The van der Waals surface area contributed by atoms with Crippen LogP contribution in [0.1, 0.15) is 5.76 Å². The van der Waals surface area contributed by atoms with Crippen molar-refractivity contribution in [1.82, 2.24) is 0 Å². The third kappa shape index (κ3) is 4.96. The van der Waals surface area contributed by atoms with Gasteiger partial charge in [-0.2, -0.15) is 0 Å². The van der Waals surface area contributed by atoms with E-state index in [1.54, 1.807) is 12.1 Å². The summed E-state index contributed by atoms with van der Waals surface area (Å²) in [7, 11) is 0. The minimum atomic E-state index is -0.757. The molecule has 0 radical (unpaired) electrons. The van der Waals surface area contributed by atoms with E-state index in [-0.39, 0.29) is 16.4 Å². The predicted molar refractivity (Wildman–Crippen MR) is 85.4 cm³/mol. The molecule has 9 heteroatoms. The van der Waals surface area contributed by atoms with Gasteiger partial charge in [0.15, 0.2) is 6.61 Å². The van der Waals surface area contributed by atoms with Crippen LogP contribution < -0.4 is 5.32 Å². The highest BCUT2D eigenvalue weighted by Gasteiger charge is 2.17. The minimum absolute atomic E-state index is 0.0448. The number of carbonyl (C=O) groups is 2. The molecule has 0 fully saturated rings. The van der Waals surface area contributed by atoms with Crippen molar-refractivity contribution in [3.63, 3.8) is 0 Å². The first kappa shape index (κ1) is 17.2. The molecule has 0 spiro atoms. The molecule has 1 aromatic heterocycles. The van der Waals surface area contributed by atoms with Crippen LogP contribution in [0.4, 0.5) is 11.4 Å². The lowest BCUT2D eigenvalue weighted by atomic mass is 10.2. The average Bonchev–Trinajstić information content (AvgIpc) is 3.06. The summed E-state index contributed by atoms with van der Waals surface area (Å²) >= 11 is 5.68. The van der Waals surface area contributed by atoms with Gasteiger partial charge in [0.2, 0.25) is 0 Å². The van der Waals surface area contributed by atoms with Crippen molar-refractivity contribution in [2.45, 2.75) is 0 Å². The number of hydrogen-bond acceptors (Lipinski definition) is 6. The normalized spacial score (nSPS) is 10.5. The number of hydrogen-bond donors (Lipinski definition) is 1. The summed E-state index contributed by atoms with van der Waals surface area (Å²) in [5.41, 5.74) is -0.406. The number of halogens is 1. The van der Waals surface area contributed by atoms with E-state index in [0.29, 0.717) is 5.76 Å². The second-order valence-corrected chi connectivity index (χ2v) is 4.86. The fourth-order valence-electron chi connectivity index (χ4n) is 1.67. The van der Waals surface area contributed by atoms with Gasteiger partial charge >= 0.3 is 5.97 Å². The lowest BCUT2D eigenvalue weighted by Gasteiger charge is -2.06. The maximum Gasteiger partial charge on any atom is 0.331 e. The molecule has 0 aliphatic heterocycles. The standard InChI is InChI=1S/C15H11ClN2O6/c16-10-3-5-12(13(8-10)18(21)22)17-14(19)9-24-15(20)6-4-11-2-1-7-23-11/h1-8H,9H2,(H,17,19). The monoisotopic (exact) mass is 350 g/mol. The molecule has 1 heterocycles. The van der Waals surface area contributed by atoms with Crippen molar-refractivity contribution in [3.8, 4) is 0 Å². The van der Waals surface area contributed by atoms with E-state index in [1.165, 1.54) is 24.5 Å². The van der Waals surface area contributed by atoms with Crippen LogP contribution in [-0.4, -0.2) is 23.4 Å². The maximum absolute atomic E-state index is 11.7. The van der Waals surface area contributed by atoms with Gasteiger partial charge in [0.05, 0.1) is 11.2 Å². The number of benzene rings is 1. The third-order valence-corrected chi connectivity index (χ3v) is 2.94. The Bertz CT molecular complexity index is 785. The number of nitro groups is 1. The van der Waals surface area contributed by atoms with Gasteiger partial charge in [-0.1, -0.05) is 11.6 Å². The largest absolute Gasteiger partial charge is 0.465 e. The van der Waals surface area contributed by atoms with Crippen LogP contribution in [0, 0.1) is 10.1 Å². The summed E-state index contributed by atoms with van der Waals surface area (Å²) in [4.78, 5) is 33.4. The second kappa shape index (κ2) is 7.93. The van der Waals surface area contributed by atoms with Crippen molar-refractivity contribution in [2.24, 2.45) is 0 Å². The summed E-state index contributed by atoms with van der Waals surface area (Å²) in [5, 5.41) is 13.4. The fraction of sp³-hybridized carbons (Fsp3) is 0.0667. The Balaban J connectivity index is 1.89. The molecule has 0 atom stereocenters. The average molecular weight is 351 g/mol. The van der Waals surface area contributed by atoms with Gasteiger partial charge in [-0.05, 0) is 30.3 Å². The van der Waals surface area contributed by atoms with Gasteiger partial charge in [0, 0.05) is 17.2 Å². The maximum atomic E-state index is 11.7. The first-order chi connectivity index (χ1) is 11.5. The number of furan rings is 1. The molecular formula is C15H11ClN2O6. The van der Waals surface area contributed by atoms with Crippen molar-refractivity contribution in [3.05, 3.63) is 63.6 Å². The van der Waals surface area contributed by atoms with E-state index < -0.39 is 23.4 Å². The SMILES string of the molecule is O=C(COC(=O)C=Cc1ccco1)Nc1ccc(Cl)cc1[N+](=O)[O-]. The molecule has 0 saturated carbocycles. The highest BCUT2D eigenvalue weighted by Crippen LogP contribution is 2.27. The molecule has 1 N–H and O–H groups in total. The smallest absolute Gasteiger partial charge is 0.331 e. The van der Waals surface area contributed by atoms with E-state index in [9.17, 15) is 19.7 Å².